The number of amides is 2. The predicted octanol–water partition coefficient (Wildman–Crippen LogP) is 3.42. The third-order valence-electron chi connectivity index (χ3n) is 7.10. The highest BCUT2D eigenvalue weighted by atomic mass is 19.4. The highest BCUT2D eigenvalue weighted by Crippen LogP contribution is 2.39. The number of carbonyl (C=O) groups excluding carboxylic acids is 2. The van der Waals surface area contributed by atoms with Crippen LogP contribution in [0.4, 0.5) is 18.9 Å². The molecule has 0 atom stereocenters. The van der Waals surface area contributed by atoms with E-state index in [1.165, 1.54) is 23.4 Å². The summed E-state index contributed by atoms with van der Waals surface area (Å²) < 4.78 is 38.5. The second-order valence-electron chi connectivity index (χ2n) is 9.81. The Morgan fingerprint density at radius 3 is 2.50 bits per heavy atom. The number of nitrogens with zero attached hydrogens (tertiary/aromatic N) is 3. The fraction of sp³-hybridized carbons (Fsp3) is 0.500. The lowest BCUT2D eigenvalue weighted by Gasteiger charge is -2.47. The molecular formula is C26H32F3N5O2. The lowest BCUT2D eigenvalue weighted by atomic mass is 9.80. The molecule has 2 fully saturated rings. The first kappa shape index (κ1) is 25.9. The summed E-state index contributed by atoms with van der Waals surface area (Å²) >= 11 is 0. The van der Waals surface area contributed by atoms with Gasteiger partial charge in [-0.1, -0.05) is 6.07 Å². The van der Waals surface area contributed by atoms with Crippen LogP contribution in [-0.4, -0.2) is 67.5 Å². The van der Waals surface area contributed by atoms with Gasteiger partial charge in [-0.2, -0.15) is 13.2 Å². The van der Waals surface area contributed by atoms with Crippen LogP contribution in [0.2, 0.25) is 0 Å². The highest BCUT2D eigenvalue weighted by Gasteiger charge is 2.36. The van der Waals surface area contributed by atoms with Crippen LogP contribution in [0.1, 0.15) is 53.1 Å². The van der Waals surface area contributed by atoms with E-state index in [4.69, 9.17) is 0 Å². The van der Waals surface area contributed by atoms with Gasteiger partial charge in [0.25, 0.3) is 5.91 Å². The first-order valence-corrected chi connectivity index (χ1v) is 12.2. The molecule has 2 heterocycles. The van der Waals surface area contributed by atoms with Crippen molar-refractivity contribution in [1.82, 2.24) is 20.5 Å². The van der Waals surface area contributed by atoms with Crippen molar-refractivity contribution in [2.45, 2.75) is 49.9 Å². The Balaban J connectivity index is 1.18. The maximum absolute atomic E-state index is 12.8. The SMILES string of the molecule is CN(C)c1ccncc1[C@H]1CC[C@@H](N2CC(NC(=O)CNC(=O)c3cccc(C(F)(F)F)c3)C2)CC1. The molecule has 1 saturated carbocycles. The molecule has 1 aliphatic carbocycles. The number of carbonyl (C=O) groups is 2. The van der Waals surface area contributed by atoms with E-state index in [2.05, 4.69) is 45.6 Å². The summed E-state index contributed by atoms with van der Waals surface area (Å²) in [5, 5.41) is 5.29. The first-order chi connectivity index (χ1) is 17.1. The number of likely N-dealkylation sites (tertiary alicyclic amines) is 1. The Morgan fingerprint density at radius 1 is 1.11 bits per heavy atom. The molecular weight excluding hydrogens is 471 g/mol. The van der Waals surface area contributed by atoms with Crippen LogP contribution in [-0.2, 0) is 11.0 Å². The van der Waals surface area contributed by atoms with Crippen molar-refractivity contribution in [3.63, 3.8) is 0 Å². The van der Waals surface area contributed by atoms with Crippen LogP contribution in [0.5, 0.6) is 0 Å². The van der Waals surface area contributed by atoms with Gasteiger partial charge in [-0.3, -0.25) is 19.5 Å². The Morgan fingerprint density at radius 2 is 1.83 bits per heavy atom. The molecule has 2 aromatic rings. The molecule has 1 saturated heterocycles. The van der Waals surface area contributed by atoms with Crippen molar-refractivity contribution in [3.05, 3.63) is 59.4 Å². The smallest absolute Gasteiger partial charge is 0.377 e. The highest BCUT2D eigenvalue weighted by molar-refractivity contribution is 5.96. The fourth-order valence-corrected chi connectivity index (χ4v) is 5.15. The third-order valence-corrected chi connectivity index (χ3v) is 7.10. The number of pyridine rings is 1. The van der Waals surface area contributed by atoms with Crippen LogP contribution >= 0.6 is 0 Å². The quantitative estimate of drug-likeness (QED) is 0.606. The average Bonchev–Trinajstić information content (AvgIpc) is 2.84. The lowest BCUT2D eigenvalue weighted by Crippen LogP contribution is -2.63. The minimum absolute atomic E-state index is 0.0133. The van der Waals surface area contributed by atoms with Gasteiger partial charge in [0, 0.05) is 56.9 Å². The average molecular weight is 504 g/mol. The molecule has 10 heteroatoms. The molecule has 0 unspecified atom stereocenters. The van der Waals surface area contributed by atoms with E-state index >= 15 is 0 Å². The largest absolute Gasteiger partial charge is 0.416 e. The maximum atomic E-state index is 12.8. The van der Waals surface area contributed by atoms with Gasteiger partial charge in [0.15, 0.2) is 0 Å². The third kappa shape index (κ3) is 6.16. The summed E-state index contributed by atoms with van der Waals surface area (Å²) in [6.07, 6.45) is 3.69. The van der Waals surface area contributed by atoms with E-state index in [9.17, 15) is 22.8 Å². The van der Waals surface area contributed by atoms with E-state index < -0.39 is 17.6 Å². The summed E-state index contributed by atoms with van der Waals surface area (Å²) in [5.41, 5.74) is 1.50. The van der Waals surface area contributed by atoms with E-state index in [1.54, 1.807) is 0 Å². The number of anilines is 1. The summed E-state index contributed by atoms with van der Waals surface area (Å²) in [4.78, 5) is 33.3. The first-order valence-electron chi connectivity index (χ1n) is 12.2. The van der Waals surface area contributed by atoms with Crippen molar-refractivity contribution in [1.29, 1.82) is 0 Å². The molecule has 1 aromatic carbocycles. The lowest BCUT2D eigenvalue weighted by molar-refractivity contribution is -0.137. The maximum Gasteiger partial charge on any atom is 0.416 e. The summed E-state index contributed by atoms with van der Waals surface area (Å²) in [6, 6.07) is 6.71. The Hall–Kier alpha value is -3.14. The predicted molar refractivity (Wildman–Crippen MR) is 131 cm³/mol. The Bertz CT molecular complexity index is 1080. The van der Waals surface area contributed by atoms with Gasteiger partial charge in [-0.05, 0) is 61.4 Å². The van der Waals surface area contributed by atoms with Crippen molar-refractivity contribution < 1.29 is 22.8 Å². The van der Waals surface area contributed by atoms with Gasteiger partial charge in [-0.15, -0.1) is 0 Å². The van der Waals surface area contributed by atoms with Crippen molar-refractivity contribution >= 4 is 17.5 Å². The van der Waals surface area contributed by atoms with E-state index in [0.717, 1.165) is 50.9 Å². The molecule has 0 spiro atoms. The molecule has 36 heavy (non-hydrogen) atoms. The van der Waals surface area contributed by atoms with Crippen LogP contribution in [0, 0.1) is 0 Å². The van der Waals surface area contributed by atoms with Gasteiger partial charge in [0.1, 0.15) is 0 Å². The van der Waals surface area contributed by atoms with Crippen LogP contribution in [0.25, 0.3) is 0 Å². The number of aromatic nitrogens is 1. The minimum atomic E-state index is -4.53. The molecule has 2 aliphatic rings. The topological polar surface area (TPSA) is 77.6 Å². The zero-order valence-corrected chi connectivity index (χ0v) is 20.5. The summed E-state index contributed by atoms with van der Waals surface area (Å²) in [5.74, 6) is -0.560. The van der Waals surface area contributed by atoms with Crippen LogP contribution < -0.4 is 15.5 Å². The van der Waals surface area contributed by atoms with Gasteiger partial charge in [0.05, 0.1) is 18.2 Å². The number of rotatable bonds is 7. The van der Waals surface area contributed by atoms with Crippen molar-refractivity contribution in [2.75, 3.05) is 38.6 Å². The van der Waals surface area contributed by atoms with E-state index in [0.29, 0.717) is 12.0 Å². The number of benzene rings is 1. The number of halogens is 3. The van der Waals surface area contributed by atoms with Crippen LogP contribution in [0.15, 0.2) is 42.7 Å². The molecule has 2 amide bonds. The second-order valence-corrected chi connectivity index (χ2v) is 9.81. The normalized spacial score (nSPS) is 20.9. The molecule has 2 N–H and O–H groups in total. The van der Waals surface area contributed by atoms with Gasteiger partial charge >= 0.3 is 6.18 Å². The van der Waals surface area contributed by atoms with E-state index in [-0.39, 0.29) is 24.1 Å². The van der Waals surface area contributed by atoms with Gasteiger partial charge < -0.3 is 15.5 Å². The van der Waals surface area contributed by atoms with Crippen LogP contribution in [0.3, 0.4) is 0 Å². The molecule has 194 valence electrons. The standard InChI is InChI=1S/C26H32F3N5O2/c1-33(2)23-10-11-30-13-22(23)17-6-8-21(9-7-17)34-15-20(16-34)32-24(35)14-31-25(36)18-4-3-5-19(12-18)26(27,28)29/h3-5,10-13,17,20-21H,6-9,14-16H2,1-2H3,(H,31,36)(H,32,35)/t17-,21+. The van der Waals surface area contributed by atoms with Crippen molar-refractivity contribution in [2.24, 2.45) is 0 Å². The number of hydrogen-bond donors (Lipinski definition) is 2. The zero-order valence-electron chi connectivity index (χ0n) is 20.5. The van der Waals surface area contributed by atoms with Crippen molar-refractivity contribution in [3.8, 4) is 0 Å². The molecule has 0 bridgehead atoms. The number of alkyl halides is 3. The summed E-state index contributed by atoms with van der Waals surface area (Å²) in [7, 11) is 4.10. The number of nitrogens with one attached hydrogen (secondary N) is 2. The molecule has 7 nitrogen and oxygen atoms in total. The Kier molecular flexibility index (Phi) is 7.82. The van der Waals surface area contributed by atoms with E-state index in [1.807, 2.05) is 12.4 Å². The fourth-order valence-electron chi connectivity index (χ4n) is 5.15. The minimum Gasteiger partial charge on any atom is -0.377 e. The molecule has 1 aromatic heterocycles. The molecule has 0 radical (unpaired) electrons. The number of hydrogen-bond acceptors (Lipinski definition) is 5. The van der Waals surface area contributed by atoms with Gasteiger partial charge in [0.2, 0.25) is 5.91 Å². The summed E-state index contributed by atoms with van der Waals surface area (Å²) in [6.45, 7) is 1.24. The second kappa shape index (κ2) is 10.9. The molecule has 4 rings (SSSR count). The Labute approximate surface area is 209 Å². The van der Waals surface area contributed by atoms with Gasteiger partial charge in [-0.25, -0.2) is 0 Å². The molecule has 1 aliphatic heterocycles. The monoisotopic (exact) mass is 503 g/mol. The zero-order chi connectivity index (χ0) is 25.9.